The zero-order valence-electron chi connectivity index (χ0n) is 66.1. The molecule has 0 spiro atoms. The maximum absolute atomic E-state index is 5.05. The molecule has 6 aromatic carbocycles. The van der Waals surface area contributed by atoms with Gasteiger partial charge < -0.3 is 4.90 Å². The molecule has 0 aliphatic rings. The quantitative estimate of drug-likeness (QED) is 0.0353. The van der Waals surface area contributed by atoms with Crippen molar-refractivity contribution in [2.24, 2.45) is 0 Å². The van der Waals surface area contributed by atoms with Crippen molar-refractivity contribution in [3.63, 3.8) is 0 Å². The molecule has 0 bridgehead atoms. The Morgan fingerprint density at radius 3 is 0.714 bits per heavy atom. The minimum absolute atomic E-state index is 1.01. The van der Waals surface area contributed by atoms with Crippen molar-refractivity contribution in [1.82, 2.24) is 26.2 Å². The molecule has 0 saturated heterocycles. The third-order valence-electron chi connectivity index (χ3n) is 22.2. The predicted octanol–water partition coefficient (Wildman–Crippen LogP) is 33.3. The molecule has 0 saturated carbocycles. The Morgan fingerprint density at radius 1 is 0.241 bits per heavy atom. The zero-order chi connectivity index (χ0) is 76.5. The van der Waals surface area contributed by atoms with E-state index in [0.29, 0.717) is 0 Å². The van der Waals surface area contributed by atoms with E-state index in [2.05, 4.69) is 208 Å². The molecule has 0 radical (unpaired) electrons. The highest BCUT2D eigenvalue weighted by molar-refractivity contribution is 7.20. The highest BCUT2D eigenvalue weighted by Crippen LogP contribution is 2.50. The molecule has 0 aliphatic heterocycles. The number of aromatic nitrogens is 6. The van der Waals surface area contributed by atoms with Crippen molar-refractivity contribution >= 4 is 153 Å². The summed E-state index contributed by atoms with van der Waals surface area (Å²) in [4.78, 5) is 14.1. The first-order valence-electron chi connectivity index (χ1n) is 41.8. The molecule has 0 atom stereocenters. The van der Waals surface area contributed by atoms with Crippen LogP contribution in [-0.2, 0) is 38.5 Å². The minimum Gasteiger partial charge on any atom is -0.311 e. The van der Waals surface area contributed by atoms with Gasteiger partial charge in [0.1, 0.15) is 33.1 Å². The van der Waals surface area contributed by atoms with E-state index in [1.165, 1.54) is 297 Å². The Labute approximate surface area is 701 Å². The lowest BCUT2D eigenvalue weighted by atomic mass is 10.00. The van der Waals surface area contributed by atoms with Crippen molar-refractivity contribution in [2.45, 2.75) is 234 Å². The fourth-order valence-electron chi connectivity index (χ4n) is 15.9. The van der Waals surface area contributed by atoms with Crippen LogP contribution in [0.2, 0.25) is 0 Å². The number of unbranched alkanes of at least 4 members (excludes halogenated alkanes) is 18. The van der Waals surface area contributed by atoms with E-state index in [-0.39, 0.29) is 0 Å². The third-order valence-corrected chi connectivity index (χ3v) is 30.6. The van der Waals surface area contributed by atoms with Crippen LogP contribution in [0.15, 0.2) is 162 Å². The van der Waals surface area contributed by atoms with E-state index >= 15 is 0 Å². The van der Waals surface area contributed by atoms with Crippen LogP contribution in [0.5, 0.6) is 0 Å². The Morgan fingerprint density at radius 2 is 0.473 bits per heavy atom. The standard InChI is InChI=1S/C96H105N7S9/c1-7-13-19-25-31-64-55-82(104-61-64)76-49-52-79(91-88(76)97-110-100-91)85-58-70(34-28-22-16-10-4)94(107-85)67-37-43-73(44-38-67)103(74-45-39-68(40-46-74)95-71(35-29-23-17-11-5)59-86(108-95)80-53-50-77(89-92(80)101-111-98-89)83-56-65(62-105-83)32-26-20-14-8-2)75-47-41-69(42-48-75)96-72(36-30-24-18-12-6)60-87(109-96)81-54-51-78(90-93(81)102-112-99-90)84-57-66(63-106-84)33-27-21-15-9-3/h37-63H,7-36H2,1-6H3. The van der Waals surface area contributed by atoms with Gasteiger partial charge in [-0.15, -0.1) is 68.0 Å². The molecule has 15 rings (SSSR count). The van der Waals surface area contributed by atoms with Gasteiger partial charge in [-0.05, 0) is 216 Å². The van der Waals surface area contributed by atoms with Gasteiger partial charge in [0.05, 0.1) is 35.2 Å². The first kappa shape index (κ1) is 80.0. The van der Waals surface area contributed by atoms with Crippen molar-refractivity contribution in [2.75, 3.05) is 4.90 Å². The van der Waals surface area contributed by atoms with Gasteiger partial charge >= 0.3 is 0 Å². The highest BCUT2D eigenvalue weighted by Gasteiger charge is 2.25. The maximum atomic E-state index is 5.05. The lowest BCUT2D eigenvalue weighted by Crippen LogP contribution is -2.09. The maximum Gasteiger partial charge on any atom is 0.114 e. The molecule has 9 heterocycles. The monoisotopic (exact) mass is 1640 g/mol. The second-order valence-corrected chi connectivity index (χ2v) is 38.0. The van der Waals surface area contributed by atoms with Crippen molar-refractivity contribution < 1.29 is 0 Å². The van der Waals surface area contributed by atoms with E-state index in [0.717, 1.165) is 108 Å². The summed E-state index contributed by atoms with van der Waals surface area (Å²) in [5, 5.41) is 7.07. The molecule has 15 aromatic rings. The van der Waals surface area contributed by atoms with Crippen LogP contribution in [0.1, 0.15) is 229 Å². The summed E-state index contributed by atoms with van der Waals surface area (Å²) in [6.45, 7) is 13.8. The fraction of sp³-hybridized carbons (Fsp3) is 0.375. The Kier molecular flexibility index (Phi) is 28.1. The third kappa shape index (κ3) is 18.7. The number of aryl methyl sites for hydroxylation is 6. The molecule has 578 valence electrons. The number of hydrogen-bond acceptors (Lipinski definition) is 16. The second kappa shape index (κ2) is 39.4. The summed E-state index contributed by atoms with van der Waals surface area (Å²) in [7, 11) is 0. The topological polar surface area (TPSA) is 80.6 Å². The first-order chi connectivity index (χ1) is 55.3. The average Bonchev–Trinajstić information content (AvgIpc) is 1.61. The molecule has 16 heteroatoms. The van der Waals surface area contributed by atoms with Crippen molar-refractivity contribution in [3.05, 3.63) is 195 Å². The molecule has 0 amide bonds. The Bertz CT molecular complexity index is 4960. The van der Waals surface area contributed by atoms with Gasteiger partial charge in [-0.3, -0.25) is 0 Å². The largest absolute Gasteiger partial charge is 0.311 e. The smallest absolute Gasteiger partial charge is 0.114 e. The molecule has 7 nitrogen and oxygen atoms in total. The van der Waals surface area contributed by atoms with Crippen molar-refractivity contribution in [3.8, 4) is 94.0 Å². The number of hydrogen-bond donors (Lipinski definition) is 0. The number of benzene rings is 6. The summed E-state index contributed by atoms with van der Waals surface area (Å²) in [6.07, 6.45) is 36.3. The Balaban J connectivity index is 0.781. The predicted molar refractivity (Wildman–Crippen MR) is 497 cm³/mol. The van der Waals surface area contributed by atoms with Crippen LogP contribution in [0.4, 0.5) is 17.1 Å². The zero-order valence-corrected chi connectivity index (χ0v) is 73.5. The van der Waals surface area contributed by atoms with Crippen LogP contribution in [0.25, 0.3) is 127 Å². The van der Waals surface area contributed by atoms with Gasteiger partial charge in [0, 0.05) is 94.3 Å². The summed E-state index contributed by atoms with van der Waals surface area (Å²) in [5.74, 6) is 0. The van der Waals surface area contributed by atoms with Crippen LogP contribution in [-0.4, -0.2) is 26.2 Å². The number of thiophene rings is 6. The molecular formula is C96H105N7S9. The molecule has 0 fully saturated rings. The van der Waals surface area contributed by atoms with E-state index in [1.807, 2.05) is 68.0 Å². The van der Waals surface area contributed by atoms with Crippen molar-refractivity contribution in [1.29, 1.82) is 0 Å². The van der Waals surface area contributed by atoms with E-state index in [9.17, 15) is 0 Å². The number of rotatable bonds is 42. The molecular weight excluding hydrogens is 1540 g/mol. The minimum atomic E-state index is 1.01. The SMILES string of the molecule is CCCCCCc1csc(-c2ccc(-c3cc(CCCCCC)c(-c4ccc(N(c5ccc(-c6sc(-c7ccc(-c8cc(CCCCCC)cs8)c8nsnc78)cc6CCCCCC)cc5)c5ccc(-c6sc(-c7ccc(-c8cc(CCCCCC)cs8)c8nsnc78)cc6CCCCCC)cc5)cc4)s3)c3nsnc23)c1. The number of nitrogens with zero attached hydrogens (tertiary/aromatic N) is 7. The average molecular weight is 1650 g/mol. The van der Waals surface area contributed by atoms with Crippen LogP contribution >= 0.6 is 103 Å². The van der Waals surface area contributed by atoms with Gasteiger partial charge in [0.2, 0.25) is 0 Å². The van der Waals surface area contributed by atoms with Gasteiger partial charge in [-0.25, -0.2) is 0 Å². The normalized spacial score (nSPS) is 11.8. The van der Waals surface area contributed by atoms with E-state index in [4.69, 9.17) is 26.2 Å². The molecule has 0 unspecified atom stereocenters. The fourth-order valence-corrected chi connectivity index (χ4v) is 24.3. The Hall–Kier alpha value is -7.22. The highest BCUT2D eigenvalue weighted by atomic mass is 32.1. The molecule has 0 N–H and O–H groups in total. The summed E-state index contributed by atoms with van der Waals surface area (Å²) >= 11 is 15.3. The number of fused-ring (bicyclic) bond motifs is 3. The van der Waals surface area contributed by atoms with Gasteiger partial charge in [-0.2, -0.15) is 26.2 Å². The number of anilines is 3. The van der Waals surface area contributed by atoms with E-state index < -0.39 is 0 Å². The molecule has 112 heavy (non-hydrogen) atoms. The summed E-state index contributed by atoms with van der Waals surface area (Å²) < 4.78 is 30.2. The summed E-state index contributed by atoms with van der Waals surface area (Å²) in [6, 6.07) is 57.1. The molecule has 0 aliphatic carbocycles. The van der Waals surface area contributed by atoms with Gasteiger partial charge in [0.15, 0.2) is 0 Å². The molecule has 9 aromatic heterocycles. The lowest BCUT2D eigenvalue weighted by Gasteiger charge is -2.26. The van der Waals surface area contributed by atoms with Gasteiger partial charge in [0.25, 0.3) is 0 Å². The van der Waals surface area contributed by atoms with Gasteiger partial charge in [-0.1, -0.05) is 230 Å². The van der Waals surface area contributed by atoms with E-state index in [1.54, 1.807) is 0 Å². The second-order valence-electron chi connectivity index (χ2n) is 30.6. The lowest BCUT2D eigenvalue weighted by molar-refractivity contribution is 0.667. The first-order valence-corrected chi connectivity index (χ1v) is 49.1. The summed E-state index contributed by atoms with van der Waals surface area (Å²) in [5.41, 5.74) is 28.8. The van der Waals surface area contributed by atoms with Crippen LogP contribution < -0.4 is 4.90 Å². The van der Waals surface area contributed by atoms with Crippen LogP contribution in [0.3, 0.4) is 0 Å². The van der Waals surface area contributed by atoms with Crippen LogP contribution in [0, 0.1) is 0 Å².